The zero-order valence-electron chi connectivity index (χ0n) is 5.98. The summed E-state index contributed by atoms with van der Waals surface area (Å²) < 4.78 is 0. The third-order valence-electron chi connectivity index (χ3n) is 1.42. The van der Waals surface area contributed by atoms with Gasteiger partial charge in [-0.25, -0.2) is 0 Å². The molecule has 0 heterocycles. The molecule has 0 fully saturated rings. The molecule has 0 N–H and O–H groups in total. The van der Waals surface area contributed by atoms with Crippen molar-refractivity contribution >= 4 is 40.1 Å². The van der Waals surface area contributed by atoms with Gasteiger partial charge in [-0.3, -0.25) is 0 Å². The molecule has 1 aromatic carbocycles. The quantitative estimate of drug-likeness (QED) is 0.708. The molecule has 0 aliphatic carbocycles. The van der Waals surface area contributed by atoms with E-state index in [2.05, 4.69) is 0 Å². The van der Waals surface area contributed by atoms with Crippen molar-refractivity contribution in [2.75, 3.05) is 0 Å². The Morgan fingerprint density at radius 3 is 2.45 bits per heavy atom. The van der Waals surface area contributed by atoms with E-state index in [1.54, 1.807) is 16.9 Å². The van der Waals surface area contributed by atoms with Gasteiger partial charge in [0.2, 0.25) is 0 Å². The summed E-state index contributed by atoms with van der Waals surface area (Å²) >= 11 is 13.3. The molecule has 0 aromatic heterocycles. The molecular formula is C8H9AsCl2. The van der Waals surface area contributed by atoms with Crippen molar-refractivity contribution in [3.63, 3.8) is 0 Å². The minimum absolute atomic E-state index is 0.636. The van der Waals surface area contributed by atoms with Crippen molar-refractivity contribution in [2.24, 2.45) is 0 Å². The predicted octanol–water partition coefficient (Wildman–Crippen LogP) is 2.59. The van der Waals surface area contributed by atoms with E-state index < -0.39 is 0 Å². The summed E-state index contributed by atoms with van der Waals surface area (Å²) in [7, 11) is 0. The minimum atomic E-state index is 0.636. The number of rotatable bonds is 2. The van der Waals surface area contributed by atoms with Crippen LogP contribution in [0.25, 0.3) is 0 Å². The standard InChI is InChI=1S/C8H9AsCl2/c9-4-3-6-1-2-7(10)8(11)5-6/h1-2,5H,3-4,9H2. The van der Waals surface area contributed by atoms with Crippen molar-refractivity contribution < 1.29 is 0 Å². The van der Waals surface area contributed by atoms with E-state index in [0.717, 1.165) is 6.42 Å². The van der Waals surface area contributed by atoms with Crippen LogP contribution in [-0.4, -0.2) is 16.9 Å². The summed E-state index contributed by atoms with van der Waals surface area (Å²) in [6.07, 6.45) is 1.09. The first kappa shape index (κ1) is 9.45. The van der Waals surface area contributed by atoms with Gasteiger partial charge in [0, 0.05) is 0 Å². The van der Waals surface area contributed by atoms with E-state index >= 15 is 0 Å². The normalized spacial score (nSPS) is 10.1. The zero-order chi connectivity index (χ0) is 8.27. The number of hydrogen-bond donors (Lipinski definition) is 0. The van der Waals surface area contributed by atoms with Gasteiger partial charge in [-0.1, -0.05) is 0 Å². The van der Waals surface area contributed by atoms with Crippen LogP contribution in [-0.2, 0) is 6.42 Å². The van der Waals surface area contributed by atoms with Crippen molar-refractivity contribution in [3.05, 3.63) is 33.8 Å². The third-order valence-corrected chi connectivity index (χ3v) is 2.76. The molecule has 1 rings (SSSR count). The fourth-order valence-electron chi connectivity index (χ4n) is 0.862. The number of aryl methyl sites for hydroxylation is 1. The number of hydrogen-bond acceptors (Lipinski definition) is 0. The summed E-state index contributed by atoms with van der Waals surface area (Å²) in [5.74, 6) is 0. The van der Waals surface area contributed by atoms with Gasteiger partial charge in [0.05, 0.1) is 0 Å². The monoisotopic (exact) mass is 250 g/mol. The molecule has 0 nitrogen and oxygen atoms in total. The molecular weight excluding hydrogens is 242 g/mol. The Morgan fingerprint density at radius 2 is 1.91 bits per heavy atom. The first-order valence-electron chi connectivity index (χ1n) is 3.38. The Morgan fingerprint density at radius 1 is 1.18 bits per heavy atom. The predicted molar refractivity (Wildman–Crippen MR) is 53.5 cm³/mol. The second-order valence-corrected chi connectivity index (χ2v) is 4.31. The molecule has 1 unspecified atom stereocenters. The Hall–Kier alpha value is 0.358. The van der Waals surface area contributed by atoms with E-state index in [0.29, 0.717) is 10.0 Å². The van der Waals surface area contributed by atoms with Crippen LogP contribution >= 0.6 is 23.2 Å². The van der Waals surface area contributed by atoms with Crippen LogP contribution in [0.15, 0.2) is 18.2 Å². The van der Waals surface area contributed by atoms with Crippen LogP contribution in [0.3, 0.4) is 0 Å². The molecule has 1 aromatic rings. The summed E-state index contributed by atoms with van der Waals surface area (Å²) in [6.45, 7) is 0. The number of halogens is 2. The fourth-order valence-corrected chi connectivity index (χ4v) is 1.88. The van der Waals surface area contributed by atoms with Crippen LogP contribution in [0.2, 0.25) is 15.3 Å². The van der Waals surface area contributed by atoms with E-state index in [1.165, 1.54) is 10.8 Å². The van der Waals surface area contributed by atoms with Gasteiger partial charge in [-0.05, 0) is 0 Å². The molecule has 0 bridgehead atoms. The molecule has 1 atom stereocenters. The average Bonchev–Trinajstić information content (AvgIpc) is 1.98. The van der Waals surface area contributed by atoms with Gasteiger partial charge < -0.3 is 0 Å². The topological polar surface area (TPSA) is 0 Å². The van der Waals surface area contributed by atoms with Crippen LogP contribution in [0.1, 0.15) is 5.56 Å². The zero-order valence-corrected chi connectivity index (χ0v) is 9.91. The molecule has 0 aliphatic rings. The van der Waals surface area contributed by atoms with Crippen LogP contribution in [0, 0.1) is 0 Å². The molecule has 0 spiro atoms. The Bertz CT molecular complexity index is 248. The summed E-state index contributed by atoms with van der Waals surface area (Å²) in [6, 6.07) is 5.80. The molecule has 0 saturated heterocycles. The Labute approximate surface area is 85.4 Å². The number of benzene rings is 1. The molecule has 0 saturated carbocycles. The van der Waals surface area contributed by atoms with Gasteiger partial charge in [-0.15, -0.1) is 0 Å². The van der Waals surface area contributed by atoms with Crippen molar-refractivity contribution in [1.82, 2.24) is 0 Å². The maximum absolute atomic E-state index is 5.82. The molecule has 60 valence electrons. The van der Waals surface area contributed by atoms with Crippen LogP contribution in [0.4, 0.5) is 0 Å². The van der Waals surface area contributed by atoms with E-state index in [4.69, 9.17) is 23.2 Å². The van der Waals surface area contributed by atoms with E-state index in [1.807, 2.05) is 18.2 Å². The first-order valence-corrected chi connectivity index (χ1v) is 5.85. The van der Waals surface area contributed by atoms with Gasteiger partial charge in [0.25, 0.3) is 0 Å². The van der Waals surface area contributed by atoms with Crippen LogP contribution in [0.5, 0.6) is 0 Å². The molecule has 0 amide bonds. The van der Waals surface area contributed by atoms with Gasteiger partial charge in [-0.2, -0.15) is 0 Å². The van der Waals surface area contributed by atoms with E-state index in [9.17, 15) is 0 Å². The summed E-state index contributed by atoms with van der Waals surface area (Å²) in [5.41, 5.74) is 1.27. The van der Waals surface area contributed by atoms with Gasteiger partial charge >= 0.3 is 85.5 Å². The third kappa shape index (κ3) is 2.70. The summed E-state index contributed by atoms with van der Waals surface area (Å²) in [4.78, 5) is 0. The Kier molecular flexibility index (Phi) is 3.78. The second kappa shape index (κ2) is 4.40. The molecule has 0 radical (unpaired) electrons. The SMILES string of the molecule is Clc1ccc(CC[AsH2])cc1Cl. The Balaban J connectivity index is 2.86. The van der Waals surface area contributed by atoms with Gasteiger partial charge in [0.15, 0.2) is 0 Å². The van der Waals surface area contributed by atoms with Crippen molar-refractivity contribution in [2.45, 2.75) is 11.6 Å². The molecule has 3 heteroatoms. The van der Waals surface area contributed by atoms with E-state index in [-0.39, 0.29) is 0 Å². The van der Waals surface area contributed by atoms with Crippen LogP contribution < -0.4 is 0 Å². The fraction of sp³-hybridized carbons (Fsp3) is 0.250. The van der Waals surface area contributed by atoms with Crippen molar-refractivity contribution in [1.29, 1.82) is 0 Å². The first-order chi connectivity index (χ1) is 5.24. The van der Waals surface area contributed by atoms with Crippen molar-refractivity contribution in [3.8, 4) is 0 Å². The molecule has 11 heavy (non-hydrogen) atoms. The van der Waals surface area contributed by atoms with Gasteiger partial charge in [0.1, 0.15) is 0 Å². The average molecular weight is 251 g/mol. The second-order valence-electron chi connectivity index (χ2n) is 2.29. The molecule has 0 aliphatic heterocycles. The maximum atomic E-state index is 5.82. The summed E-state index contributed by atoms with van der Waals surface area (Å²) in [5, 5.41) is 2.49.